The number of ether oxygens (including phenoxy) is 2. The van der Waals surface area contributed by atoms with Crippen LogP contribution in [0.3, 0.4) is 0 Å². The van der Waals surface area contributed by atoms with Gasteiger partial charge in [0, 0.05) is 30.6 Å². The van der Waals surface area contributed by atoms with Gasteiger partial charge in [-0.3, -0.25) is 4.79 Å². The van der Waals surface area contributed by atoms with E-state index in [1.165, 1.54) is 16.9 Å². The molecule has 1 N–H and O–H groups in total. The number of carbonyl (C=O) groups excluding carboxylic acids is 1. The first kappa shape index (κ1) is 27.9. The van der Waals surface area contributed by atoms with Crippen LogP contribution in [0.5, 0.6) is 0 Å². The zero-order chi connectivity index (χ0) is 26.6. The maximum atomic E-state index is 14.0. The van der Waals surface area contributed by atoms with Gasteiger partial charge in [0.25, 0.3) is 0 Å². The lowest BCUT2D eigenvalue weighted by molar-refractivity contribution is -0.123. The molecule has 2 heterocycles. The van der Waals surface area contributed by atoms with Gasteiger partial charge in [-0.1, -0.05) is 23.5 Å². The van der Waals surface area contributed by atoms with Crippen molar-refractivity contribution in [3.05, 3.63) is 27.5 Å². The van der Waals surface area contributed by atoms with Crippen molar-refractivity contribution in [2.45, 2.75) is 91.2 Å². The van der Waals surface area contributed by atoms with E-state index in [1.807, 2.05) is 31.7 Å². The Hall–Kier alpha value is -2.14. The molecule has 2 atom stereocenters. The lowest BCUT2D eigenvalue weighted by Gasteiger charge is -2.39. The highest BCUT2D eigenvalue weighted by atomic mass is 32.1. The third-order valence-corrected chi connectivity index (χ3v) is 8.62. The standard InChI is InChI=1S/C30H41NO5S/c1-20-5-9-22(10-6-20)28(32)31(23-11-7-21(8-12-23)18-36-24-14-16-35-19-24)26-17-25(13-15-30(2,3)4)37-27(26)29(33)34/h5,17,21-24H,6-12,14,16,18-19H2,1-4H3,(H,33,34). The van der Waals surface area contributed by atoms with Gasteiger partial charge >= 0.3 is 5.97 Å². The summed E-state index contributed by atoms with van der Waals surface area (Å²) in [7, 11) is 0. The van der Waals surface area contributed by atoms with Gasteiger partial charge in [0.15, 0.2) is 0 Å². The zero-order valence-corrected chi connectivity index (χ0v) is 23.5. The van der Waals surface area contributed by atoms with Crippen molar-refractivity contribution in [2.24, 2.45) is 17.3 Å². The number of allylic oxidation sites excluding steroid dienone is 2. The van der Waals surface area contributed by atoms with E-state index < -0.39 is 5.97 Å². The molecule has 4 rings (SSSR count). The number of rotatable bonds is 7. The molecule has 1 aromatic heterocycles. The molecule has 2 aliphatic carbocycles. The molecule has 2 fully saturated rings. The number of carboxylic acids is 1. The molecule has 0 radical (unpaired) electrons. The van der Waals surface area contributed by atoms with E-state index in [0.717, 1.165) is 64.6 Å². The predicted octanol–water partition coefficient (Wildman–Crippen LogP) is 6.29. The van der Waals surface area contributed by atoms with Crippen LogP contribution in [0.4, 0.5) is 5.69 Å². The van der Waals surface area contributed by atoms with Gasteiger partial charge in [-0.05, 0) is 91.0 Å². The van der Waals surface area contributed by atoms with E-state index in [0.29, 0.717) is 23.1 Å². The molecule has 1 saturated carbocycles. The van der Waals surface area contributed by atoms with Crippen molar-refractivity contribution >= 4 is 28.9 Å². The number of hydrogen-bond donors (Lipinski definition) is 1. The first-order chi connectivity index (χ1) is 17.6. The quantitative estimate of drug-likeness (QED) is 0.333. The van der Waals surface area contributed by atoms with E-state index in [4.69, 9.17) is 9.47 Å². The van der Waals surface area contributed by atoms with Crippen LogP contribution in [-0.4, -0.2) is 48.9 Å². The van der Waals surface area contributed by atoms with Crippen LogP contribution >= 0.6 is 11.3 Å². The Bertz CT molecular complexity index is 1060. The van der Waals surface area contributed by atoms with E-state index in [9.17, 15) is 14.7 Å². The maximum absolute atomic E-state index is 14.0. The summed E-state index contributed by atoms with van der Waals surface area (Å²) in [4.78, 5) is 29.1. The highest BCUT2D eigenvalue weighted by molar-refractivity contribution is 7.15. The minimum absolute atomic E-state index is 0.0123. The number of carbonyl (C=O) groups is 2. The number of amides is 1. The molecule has 1 amide bonds. The lowest BCUT2D eigenvalue weighted by atomic mass is 9.83. The van der Waals surface area contributed by atoms with Crippen molar-refractivity contribution in [1.82, 2.24) is 0 Å². The number of anilines is 1. The number of carboxylic acid groups (broad SMARTS) is 1. The van der Waals surface area contributed by atoms with Gasteiger partial charge < -0.3 is 19.5 Å². The molecule has 0 aromatic carbocycles. The summed E-state index contributed by atoms with van der Waals surface area (Å²) in [6.07, 6.45) is 9.41. The number of thiophene rings is 1. The van der Waals surface area contributed by atoms with Crippen molar-refractivity contribution < 1.29 is 24.2 Å². The molecule has 0 bridgehead atoms. The topological polar surface area (TPSA) is 76.1 Å². The predicted molar refractivity (Wildman–Crippen MR) is 147 cm³/mol. The van der Waals surface area contributed by atoms with Crippen LogP contribution in [0.15, 0.2) is 17.7 Å². The second-order valence-electron chi connectivity index (χ2n) is 11.9. The van der Waals surface area contributed by atoms with Gasteiger partial charge in [0.1, 0.15) is 4.88 Å². The third kappa shape index (κ3) is 7.46. The molecule has 1 saturated heterocycles. The largest absolute Gasteiger partial charge is 0.477 e. The molecule has 37 heavy (non-hydrogen) atoms. The van der Waals surface area contributed by atoms with Crippen LogP contribution in [0.25, 0.3) is 0 Å². The fraction of sp³-hybridized carbons (Fsp3) is 0.667. The molecule has 202 valence electrons. The Labute approximate surface area is 225 Å². The molecular formula is C30H41NO5S. The van der Waals surface area contributed by atoms with Gasteiger partial charge in [0.05, 0.1) is 23.3 Å². The second-order valence-corrected chi connectivity index (χ2v) is 12.9. The molecule has 7 heteroatoms. The van der Waals surface area contributed by atoms with E-state index in [2.05, 4.69) is 24.8 Å². The fourth-order valence-electron chi connectivity index (χ4n) is 5.39. The normalized spacial score (nSPS) is 26.2. The van der Waals surface area contributed by atoms with Gasteiger partial charge in [-0.2, -0.15) is 0 Å². The molecule has 3 aliphatic rings. The first-order valence-corrected chi connectivity index (χ1v) is 14.5. The lowest BCUT2D eigenvalue weighted by Crippen LogP contribution is -2.46. The molecule has 1 aliphatic heterocycles. The van der Waals surface area contributed by atoms with Gasteiger partial charge in [0.2, 0.25) is 5.91 Å². The monoisotopic (exact) mass is 527 g/mol. The summed E-state index contributed by atoms with van der Waals surface area (Å²) in [6, 6.07) is 1.82. The van der Waals surface area contributed by atoms with Crippen LogP contribution < -0.4 is 4.90 Å². The first-order valence-electron chi connectivity index (χ1n) is 13.7. The second kappa shape index (κ2) is 12.1. The number of hydrogen-bond acceptors (Lipinski definition) is 5. The summed E-state index contributed by atoms with van der Waals surface area (Å²) in [5.41, 5.74) is 1.65. The molecule has 0 spiro atoms. The van der Waals surface area contributed by atoms with Crippen LogP contribution in [0.2, 0.25) is 0 Å². The summed E-state index contributed by atoms with van der Waals surface area (Å²) < 4.78 is 11.5. The van der Waals surface area contributed by atoms with Crippen molar-refractivity contribution in [3.8, 4) is 11.8 Å². The highest BCUT2D eigenvalue weighted by Crippen LogP contribution is 2.39. The van der Waals surface area contributed by atoms with Crippen molar-refractivity contribution in [2.75, 3.05) is 24.7 Å². The summed E-state index contributed by atoms with van der Waals surface area (Å²) >= 11 is 1.18. The minimum Gasteiger partial charge on any atom is -0.477 e. The Morgan fingerprint density at radius 3 is 2.54 bits per heavy atom. The Kier molecular flexibility index (Phi) is 9.15. The van der Waals surface area contributed by atoms with Crippen molar-refractivity contribution in [1.29, 1.82) is 0 Å². The van der Waals surface area contributed by atoms with Crippen molar-refractivity contribution in [3.63, 3.8) is 0 Å². The summed E-state index contributed by atoms with van der Waals surface area (Å²) in [5.74, 6) is 5.78. The Morgan fingerprint density at radius 2 is 1.95 bits per heavy atom. The van der Waals surface area contributed by atoms with Crippen LogP contribution in [-0.2, 0) is 14.3 Å². The third-order valence-electron chi connectivity index (χ3n) is 7.59. The average molecular weight is 528 g/mol. The van der Waals surface area contributed by atoms with Gasteiger partial charge in [-0.25, -0.2) is 4.79 Å². The van der Waals surface area contributed by atoms with E-state index in [1.54, 1.807) is 0 Å². The summed E-state index contributed by atoms with van der Waals surface area (Å²) in [5, 5.41) is 10.1. The highest BCUT2D eigenvalue weighted by Gasteiger charge is 2.37. The van der Waals surface area contributed by atoms with Crippen LogP contribution in [0.1, 0.15) is 93.6 Å². The molecule has 2 unspecified atom stereocenters. The zero-order valence-electron chi connectivity index (χ0n) is 22.7. The molecule has 1 aromatic rings. The smallest absolute Gasteiger partial charge is 0.348 e. The molecule has 6 nitrogen and oxygen atoms in total. The molecular weight excluding hydrogens is 486 g/mol. The SMILES string of the molecule is CC1=CCC(C(=O)N(c2cc(C#CC(C)(C)C)sc2C(=O)O)C2CCC(COC3CCOC3)CC2)CC1. The maximum Gasteiger partial charge on any atom is 0.348 e. The van der Waals surface area contributed by atoms with E-state index in [-0.39, 0.29) is 34.3 Å². The summed E-state index contributed by atoms with van der Waals surface area (Å²) in [6.45, 7) is 10.4. The average Bonchev–Trinajstić information content (AvgIpc) is 3.53. The van der Waals surface area contributed by atoms with E-state index >= 15 is 0 Å². The van der Waals surface area contributed by atoms with Gasteiger partial charge in [-0.15, -0.1) is 11.3 Å². The fourth-order valence-corrected chi connectivity index (χ4v) is 6.23. The number of nitrogens with zero attached hydrogens (tertiary/aromatic N) is 1. The Balaban J connectivity index is 1.57. The minimum atomic E-state index is -0.998. The Morgan fingerprint density at radius 1 is 1.19 bits per heavy atom. The van der Waals surface area contributed by atoms with Crippen LogP contribution in [0, 0.1) is 29.1 Å². The number of aromatic carboxylic acids is 1.